The Hall–Kier alpha value is -2.45. The van der Waals surface area contributed by atoms with Crippen LogP contribution in [0.1, 0.15) is 5.56 Å². The zero-order valence-electron chi connectivity index (χ0n) is 14.8. The molecule has 1 fully saturated rings. The molecule has 2 heterocycles. The molecule has 1 atom stereocenters. The molecule has 0 N–H and O–H groups in total. The summed E-state index contributed by atoms with van der Waals surface area (Å²) in [5.41, 5.74) is 2.68. The van der Waals surface area contributed by atoms with Gasteiger partial charge in [-0.2, -0.15) is 5.10 Å². The lowest BCUT2D eigenvalue weighted by atomic mass is 10.2. The highest BCUT2D eigenvalue weighted by atomic mass is 32.2. The number of thioether (sulfide) groups is 2. The van der Waals surface area contributed by atoms with Gasteiger partial charge >= 0.3 is 5.97 Å². The molecule has 4 rings (SSSR count). The fraction of sp³-hybridized carbons (Fsp3) is 0.211. The van der Waals surface area contributed by atoms with Crippen molar-refractivity contribution in [2.75, 3.05) is 22.8 Å². The van der Waals surface area contributed by atoms with E-state index in [0.717, 1.165) is 16.9 Å². The van der Waals surface area contributed by atoms with Crippen LogP contribution in [0.5, 0.6) is 0 Å². The molecule has 0 aliphatic carbocycles. The fourth-order valence-electron chi connectivity index (χ4n) is 2.98. The summed E-state index contributed by atoms with van der Waals surface area (Å²) in [7, 11) is 1.33. The SMILES string of the molecule is COC(=O)C1=NN(c2ccc(C)cc2)[C@]2(SCC(=O)N2c2ccccc2)S1. The number of esters is 1. The molecule has 0 radical (unpaired) electrons. The van der Waals surface area contributed by atoms with Crippen molar-refractivity contribution in [3.8, 4) is 0 Å². The average Bonchev–Trinajstić information content (AvgIpc) is 3.23. The predicted molar refractivity (Wildman–Crippen MR) is 110 cm³/mol. The van der Waals surface area contributed by atoms with Gasteiger partial charge in [-0.15, -0.1) is 0 Å². The number of hydrazone groups is 1. The number of para-hydroxylation sites is 1. The van der Waals surface area contributed by atoms with Crippen LogP contribution >= 0.6 is 23.5 Å². The van der Waals surface area contributed by atoms with Gasteiger partial charge in [0.15, 0.2) is 0 Å². The summed E-state index contributed by atoms with van der Waals surface area (Å²) in [4.78, 5) is 26.7. The van der Waals surface area contributed by atoms with Crippen molar-refractivity contribution >= 4 is 51.8 Å². The molecule has 27 heavy (non-hydrogen) atoms. The summed E-state index contributed by atoms with van der Waals surface area (Å²) in [6.07, 6.45) is 0. The van der Waals surface area contributed by atoms with E-state index in [1.165, 1.54) is 30.6 Å². The summed E-state index contributed by atoms with van der Waals surface area (Å²) in [5.74, 6) is -0.243. The minimum atomic E-state index is -0.906. The van der Waals surface area contributed by atoms with Gasteiger partial charge in [0.25, 0.3) is 0 Å². The van der Waals surface area contributed by atoms with Crippen molar-refractivity contribution in [1.29, 1.82) is 0 Å². The molecule has 2 aromatic rings. The molecule has 138 valence electrons. The van der Waals surface area contributed by atoms with E-state index in [9.17, 15) is 9.59 Å². The van der Waals surface area contributed by atoms with Gasteiger partial charge < -0.3 is 4.74 Å². The number of rotatable bonds is 3. The van der Waals surface area contributed by atoms with Crippen LogP contribution in [0, 0.1) is 6.92 Å². The van der Waals surface area contributed by atoms with Crippen molar-refractivity contribution in [2.45, 2.75) is 11.3 Å². The van der Waals surface area contributed by atoms with Crippen molar-refractivity contribution in [2.24, 2.45) is 5.10 Å². The third-order valence-corrected chi connectivity index (χ3v) is 7.05. The van der Waals surface area contributed by atoms with Crippen molar-refractivity contribution in [3.05, 3.63) is 60.2 Å². The molecule has 0 unspecified atom stereocenters. The number of amides is 1. The Balaban J connectivity index is 1.84. The van der Waals surface area contributed by atoms with Crippen LogP contribution in [0.2, 0.25) is 0 Å². The van der Waals surface area contributed by atoms with Crippen molar-refractivity contribution < 1.29 is 14.3 Å². The molecular weight excluding hydrogens is 382 g/mol. The highest BCUT2D eigenvalue weighted by Gasteiger charge is 2.58. The maximum absolute atomic E-state index is 12.8. The van der Waals surface area contributed by atoms with Crippen LogP contribution in [0.3, 0.4) is 0 Å². The first-order valence-corrected chi connectivity index (χ1v) is 10.1. The number of anilines is 2. The average molecular weight is 399 g/mol. The summed E-state index contributed by atoms with van der Waals surface area (Å²) in [6.45, 7) is 2.01. The number of ether oxygens (including phenoxy) is 1. The summed E-state index contributed by atoms with van der Waals surface area (Å²) >= 11 is 2.68. The molecule has 2 aliphatic rings. The lowest BCUT2D eigenvalue weighted by Gasteiger charge is -2.39. The predicted octanol–water partition coefficient (Wildman–Crippen LogP) is 3.43. The van der Waals surface area contributed by atoms with E-state index in [1.54, 1.807) is 9.91 Å². The Morgan fingerprint density at radius 1 is 1.11 bits per heavy atom. The van der Waals surface area contributed by atoms with Gasteiger partial charge in [0, 0.05) is 5.69 Å². The Kier molecular flexibility index (Phi) is 4.61. The normalized spacial score (nSPS) is 21.7. The van der Waals surface area contributed by atoms with E-state index in [4.69, 9.17) is 4.74 Å². The first-order chi connectivity index (χ1) is 13.0. The molecule has 0 aromatic heterocycles. The monoisotopic (exact) mass is 399 g/mol. The van der Waals surface area contributed by atoms with E-state index in [0.29, 0.717) is 5.75 Å². The van der Waals surface area contributed by atoms with Gasteiger partial charge in [-0.3, -0.25) is 9.69 Å². The zero-order chi connectivity index (χ0) is 19.0. The van der Waals surface area contributed by atoms with Gasteiger partial charge in [-0.25, -0.2) is 9.80 Å². The second-order valence-corrected chi connectivity index (χ2v) is 8.61. The van der Waals surface area contributed by atoms with Gasteiger partial charge in [-0.1, -0.05) is 47.7 Å². The molecule has 8 heteroatoms. The molecule has 0 bridgehead atoms. The summed E-state index contributed by atoms with van der Waals surface area (Å²) in [6, 6.07) is 17.3. The number of hydrogen-bond donors (Lipinski definition) is 0. The molecule has 2 aromatic carbocycles. The first-order valence-electron chi connectivity index (χ1n) is 8.30. The molecule has 1 spiro atoms. The van der Waals surface area contributed by atoms with Crippen LogP contribution < -0.4 is 9.91 Å². The molecular formula is C19H17N3O3S2. The standard InChI is InChI=1S/C19H17N3O3S2/c1-13-8-10-15(11-9-13)22-19(27-17(20-22)18(24)25-2)21(16(23)12-26-19)14-6-4-3-5-7-14/h3-11H,12H2,1-2H3/t19-/m1/s1. The Morgan fingerprint density at radius 2 is 1.81 bits per heavy atom. The van der Waals surface area contributed by atoms with E-state index >= 15 is 0 Å². The van der Waals surface area contributed by atoms with Crippen LogP contribution in [0.15, 0.2) is 59.7 Å². The van der Waals surface area contributed by atoms with Gasteiger partial charge in [0.05, 0.1) is 18.6 Å². The Bertz CT molecular complexity index is 918. The molecule has 1 saturated heterocycles. The van der Waals surface area contributed by atoms with E-state index in [1.807, 2.05) is 61.5 Å². The van der Waals surface area contributed by atoms with E-state index < -0.39 is 10.3 Å². The van der Waals surface area contributed by atoms with Crippen LogP contribution in [-0.2, 0) is 14.3 Å². The van der Waals surface area contributed by atoms with Crippen LogP contribution in [-0.4, -0.2) is 34.1 Å². The van der Waals surface area contributed by atoms with E-state index in [2.05, 4.69) is 5.10 Å². The third-order valence-electron chi connectivity index (χ3n) is 4.26. The Morgan fingerprint density at radius 3 is 2.48 bits per heavy atom. The number of hydrogen-bond acceptors (Lipinski definition) is 7. The maximum Gasteiger partial charge on any atom is 0.365 e. The molecule has 2 aliphatic heterocycles. The minimum Gasteiger partial charge on any atom is -0.464 e. The minimum absolute atomic E-state index is 0.0304. The number of carbonyl (C=O) groups excluding carboxylic acids is 2. The number of aryl methyl sites for hydroxylation is 1. The highest BCUT2D eigenvalue weighted by Crippen LogP contribution is 2.55. The highest BCUT2D eigenvalue weighted by molar-refractivity contribution is 8.28. The number of nitrogens with zero attached hydrogens (tertiary/aromatic N) is 3. The third kappa shape index (κ3) is 2.98. The number of carbonyl (C=O) groups is 2. The quantitative estimate of drug-likeness (QED) is 0.737. The van der Waals surface area contributed by atoms with Gasteiger partial charge in [0.2, 0.25) is 15.3 Å². The molecule has 0 saturated carbocycles. The topological polar surface area (TPSA) is 62.2 Å². The smallest absolute Gasteiger partial charge is 0.365 e. The number of methoxy groups -OCH3 is 1. The fourth-order valence-corrected chi connectivity index (χ4v) is 5.74. The molecule has 1 amide bonds. The lowest BCUT2D eigenvalue weighted by molar-refractivity contribution is -0.132. The molecule has 6 nitrogen and oxygen atoms in total. The van der Waals surface area contributed by atoms with Crippen molar-refractivity contribution in [1.82, 2.24) is 0 Å². The zero-order valence-corrected chi connectivity index (χ0v) is 16.4. The lowest BCUT2D eigenvalue weighted by Crippen LogP contribution is -2.51. The Labute approximate surface area is 165 Å². The van der Waals surface area contributed by atoms with E-state index in [-0.39, 0.29) is 11.0 Å². The van der Waals surface area contributed by atoms with Crippen molar-refractivity contribution in [3.63, 3.8) is 0 Å². The second kappa shape index (κ2) is 6.94. The maximum atomic E-state index is 12.8. The summed E-state index contributed by atoms with van der Waals surface area (Å²) in [5, 5.41) is 6.49. The number of benzene rings is 2. The van der Waals surface area contributed by atoms with Gasteiger partial charge in [-0.05, 0) is 43.0 Å². The van der Waals surface area contributed by atoms with Crippen LogP contribution in [0.4, 0.5) is 11.4 Å². The largest absolute Gasteiger partial charge is 0.464 e. The van der Waals surface area contributed by atoms with Crippen LogP contribution in [0.25, 0.3) is 0 Å². The first kappa shape index (κ1) is 17.9. The second-order valence-electron chi connectivity index (χ2n) is 6.05. The van der Waals surface area contributed by atoms with Gasteiger partial charge in [0.1, 0.15) is 0 Å². The summed E-state index contributed by atoms with van der Waals surface area (Å²) < 4.78 is 3.97.